The fraction of sp³-hybridized carbons (Fsp3) is 0.786. The minimum Gasteiger partial charge on any atom is -0.480 e. The first-order chi connectivity index (χ1) is 10.00. The molecule has 0 aromatic carbocycles. The van der Waals surface area contributed by atoms with Gasteiger partial charge in [0, 0.05) is 13.1 Å². The van der Waals surface area contributed by atoms with E-state index in [4.69, 9.17) is 5.11 Å². The summed E-state index contributed by atoms with van der Waals surface area (Å²) in [7, 11) is 0. The molecule has 1 saturated heterocycles. The van der Waals surface area contributed by atoms with Gasteiger partial charge in [0.2, 0.25) is 0 Å². The Kier molecular flexibility index (Phi) is 6.62. The van der Waals surface area contributed by atoms with E-state index < -0.39 is 17.6 Å². The molecular weight excluding hydrogens is 310 g/mol. The first-order valence-electron chi connectivity index (χ1n) is 7.60. The zero-order valence-electron chi connectivity index (χ0n) is 12.8. The lowest BCUT2D eigenvalue weighted by atomic mass is 9.98. The number of carbonyl (C=O) groups excluding carboxylic acids is 2. The summed E-state index contributed by atoms with van der Waals surface area (Å²) in [5, 5.41) is 14.7. The summed E-state index contributed by atoms with van der Waals surface area (Å²) < 4.78 is 0. The van der Waals surface area contributed by atoms with Gasteiger partial charge in [-0.3, -0.25) is 14.5 Å². The van der Waals surface area contributed by atoms with Crippen molar-refractivity contribution in [2.24, 2.45) is 0 Å². The molecule has 7 nitrogen and oxygen atoms in total. The van der Waals surface area contributed by atoms with Crippen LogP contribution >= 0.6 is 12.4 Å². The van der Waals surface area contributed by atoms with E-state index in [0.29, 0.717) is 25.8 Å². The van der Waals surface area contributed by atoms with Crippen LogP contribution in [0.2, 0.25) is 0 Å². The Hall–Kier alpha value is -1.34. The summed E-state index contributed by atoms with van der Waals surface area (Å²) in [5.74, 6) is -1.06. The Balaban J connectivity index is 0.00000242. The molecule has 22 heavy (non-hydrogen) atoms. The highest BCUT2D eigenvalue weighted by molar-refractivity contribution is 6.07. The maximum atomic E-state index is 12.4. The molecule has 0 radical (unpaired) electrons. The van der Waals surface area contributed by atoms with Crippen molar-refractivity contribution in [3.8, 4) is 0 Å². The molecule has 2 fully saturated rings. The van der Waals surface area contributed by atoms with Crippen LogP contribution in [0.5, 0.6) is 0 Å². The van der Waals surface area contributed by atoms with Crippen molar-refractivity contribution in [3.63, 3.8) is 0 Å². The average Bonchev–Trinajstić information content (AvgIpc) is 2.98. The van der Waals surface area contributed by atoms with Gasteiger partial charge in [-0.1, -0.05) is 26.2 Å². The predicted molar refractivity (Wildman–Crippen MR) is 83.0 cm³/mol. The van der Waals surface area contributed by atoms with E-state index in [0.717, 1.165) is 19.3 Å². The van der Waals surface area contributed by atoms with Gasteiger partial charge in [-0.25, -0.2) is 4.79 Å². The third-order valence-corrected chi connectivity index (χ3v) is 4.30. The molecule has 0 aromatic rings. The van der Waals surface area contributed by atoms with Crippen LogP contribution in [-0.4, -0.2) is 52.6 Å². The topological polar surface area (TPSA) is 98.7 Å². The van der Waals surface area contributed by atoms with E-state index in [1.165, 1.54) is 4.90 Å². The fourth-order valence-corrected chi connectivity index (χ4v) is 3.15. The summed E-state index contributed by atoms with van der Waals surface area (Å²) in [6.07, 6.45) is 4.60. The Morgan fingerprint density at radius 2 is 2.05 bits per heavy atom. The van der Waals surface area contributed by atoms with Crippen LogP contribution in [-0.2, 0) is 9.59 Å². The Labute approximate surface area is 136 Å². The Bertz CT molecular complexity index is 438. The average molecular weight is 334 g/mol. The van der Waals surface area contributed by atoms with Gasteiger partial charge in [-0.05, 0) is 19.3 Å². The van der Waals surface area contributed by atoms with Crippen molar-refractivity contribution < 1.29 is 19.5 Å². The lowest BCUT2D eigenvalue weighted by Crippen LogP contribution is -2.45. The smallest absolute Gasteiger partial charge is 0.325 e. The molecule has 1 saturated carbocycles. The zero-order chi connectivity index (χ0) is 15.5. The zero-order valence-corrected chi connectivity index (χ0v) is 13.6. The number of halogens is 1. The number of rotatable bonds is 7. The number of nitrogens with one attached hydrogen (secondary N) is 2. The number of aliphatic carboxylic acids is 1. The summed E-state index contributed by atoms with van der Waals surface area (Å²) >= 11 is 0. The van der Waals surface area contributed by atoms with Crippen molar-refractivity contribution in [2.75, 3.05) is 13.1 Å². The minimum absolute atomic E-state index is 0. The van der Waals surface area contributed by atoms with Crippen molar-refractivity contribution in [3.05, 3.63) is 0 Å². The number of carboxylic acids is 1. The largest absolute Gasteiger partial charge is 0.480 e. The van der Waals surface area contributed by atoms with Gasteiger partial charge >= 0.3 is 12.0 Å². The summed E-state index contributed by atoms with van der Waals surface area (Å²) in [6.45, 7) is 2.42. The summed E-state index contributed by atoms with van der Waals surface area (Å²) in [5.41, 5.74) is -0.688. The van der Waals surface area contributed by atoms with E-state index in [1.54, 1.807) is 0 Å². The maximum absolute atomic E-state index is 12.4. The van der Waals surface area contributed by atoms with E-state index in [9.17, 15) is 14.4 Å². The van der Waals surface area contributed by atoms with Crippen molar-refractivity contribution in [2.45, 2.75) is 57.0 Å². The molecule has 2 aliphatic rings. The van der Waals surface area contributed by atoms with Gasteiger partial charge in [-0.15, -0.1) is 12.4 Å². The van der Waals surface area contributed by atoms with Crippen molar-refractivity contribution in [1.82, 2.24) is 15.5 Å². The van der Waals surface area contributed by atoms with E-state index >= 15 is 0 Å². The highest BCUT2D eigenvalue weighted by Crippen LogP contribution is 2.34. The summed E-state index contributed by atoms with van der Waals surface area (Å²) in [6, 6.07) is -0.984. The highest BCUT2D eigenvalue weighted by Gasteiger charge is 2.52. The van der Waals surface area contributed by atoms with Gasteiger partial charge in [0.15, 0.2) is 0 Å². The SMILES string of the molecule is CCCC(NCCN1C(=O)NC2(CCCC2)C1=O)C(=O)O.Cl. The number of amides is 3. The normalized spacial score (nSPS) is 20.9. The lowest BCUT2D eigenvalue weighted by Gasteiger charge is -2.20. The van der Waals surface area contributed by atoms with E-state index in [1.807, 2.05) is 6.92 Å². The predicted octanol–water partition coefficient (Wildman–Crippen LogP) is 1.12. The first kappa shape index (κ1) is 18.7. The molecule has 126 valence electrons. The monoisotopic (exact) mass is 333 g/mol. The van der Waals surface area contributed by atoms with Gasteiger partial charge in [0.05, 0.1) is 0 Å². The van der Waals surface area contributed by atoms with Gasteiger partial charge < -0.3 is 15.7 Å². The van der Waals surface area contributed by atoms with Crippen LogP contribution in [0.1, 0.15) is 45.4 Å². The molecule has 0 aromatic heterocycles. The third-order valence-electron chi connectivity index (χ3n) is 4.30. The first-order valence-corrected chi connectivity index (χ1v) is 7.60. The number of carbonyl (C=O) groups is 3. The second-order valence-electron chi connectivity index (χ2n) is 5.81. The molecule has 0 bridgehead atoms. The van der Waals surface area contributed by atoms with Gasteiger partial charge in [0.25, 0.3) is 5.91 Å². The maximum Gasteiger partial charge on any atom is 0.325 e. The Morgan fingerprint density at radius 1 is 1.41 bits per heavy atom. The molecule has 8 heteroatoms. The quantitative estimate of drug-likeness (QED) is 0.606. The lowest BCUT2D eigenvalue weighted by molar-refractivity contribution is -0.139. The van der Waals surface area contributed by atoms with Crippen LogP contribution in [0.25, 0.3) is 0 Å². The molecule has 3 N–H and O–H groups in total. The third kappa shape index (κ3) is 3.70. The van der Waals surface area contributed by atoms with E-state index in [-0.39, 0.29) is 30.9 Å². The molecule has 1 unspecified atom stereocenters. The molecule has 1 heterocycles. The standard InChI is InChI=1S/C14H23N3O4.ClH/c1-2-5-10(11(18)19)15-8-9-17-12(20)14(16-13(17)21)6-3-4-7-14;/h10,15H,2-9H2,1H3,(H,16,21)(H,18,19);1H. The van der Waals surface area contributed by atoms with Crippen molar-refractivity contribution >= 4 is 30.3 Å². The van der Waals surface area contributed by atoms with Crippen LogP contribution in [0, 0.1) is 0 Å². The second kappa shape index (κ2) is 7.78. The Morgan fingerprint density at radius 3 is 2.59 bits per heavy atom. The minimum atomic E-state index is -0.902. The number of imide groups is 1. The number of nitrogens with zero attached hydrogens (tertiary/aromatic N) is 1. The molecule has 1 atom stereocenters. The van der Waals surface area contributed by atoms with Crippen LogP contribution < -0.4 is 10.6 Å². The number of hydrogen-bond acceptors (Lipinski definition) is 4. The van der Waals surface area contributed by atoms with Gasteiger partial charge in [0.1, 0.15) is 11.6 Å². The molecule has 1 aliphatic heterocycles. The van der Waals surface area contributed by atoms with Crippen LogP contribution in [0.4, 0.5) is 4.79 Å². The number of carboxylic acid groups (broad SMARTS) is 1. The van der Waals surface area contributed by atoms with E-state index in [2.05, 4.69) is 10.6 Å². The van der Waals surface area contributed by atoms with Gasteiger partial charge in [-0.2, -0.15) is 0 Å². The fourth-order valence-electron chi connectivity index (χ4n) is 3.15. The number of hydrogen-bond donors (Lipinski definition) is 3. The second-order valence-corrected chi connectivity index (χ2v) is 5.81. The highest BCUT2D eigenvalue weighted by atomic mass is 35.5. The molecule has 2 rings (SSSR count). The van der Waals surface area contributed by atoms with Crippen molar-refractivity contribution in [1.29, 1.82) is 0 Å². The molecular formula is C14H24ClN3O4. The molecule has 1 aliphatic carbocycles. The molecule has 3 amide bonds. The number of urea groups is 1. The van der Waals surface area contributed by atoms with Crippen LogP contribution in [0.3, 0.4) is 0 Å². The van der Waals surface area contributed by atoms with Crippen LogP contribution in [0.15, 0.2) is 0 Å². The molecule has 1 spiro atoms. The summed E-state index contributed by atoms with van der Waals surface area (Å²) in [4.78, 5) is 36.5.